The number of fused-ring (bicyclic) bond motifs is 1. The molecular weight excluding hydrogens is 393 g/mol. The first kappa shape index (κ1) is 19.2. The minimum absolute atomic E-state index is 0.145. The number of ether oxygens (including phenoxy) is 1. The molecule has 29 heavy (non-hydrogen) atoms. The monoisotopic (exact) mass is 411 g/mol. The van der Waals surface area contributed by atoms with Crippen LogP contribution in [0.5, 0.6) is 5.75 Å². The molecule has 1 amide bonds. The summed E-state index contributed by atoms with van der Waals surface area (Å²) in [5.74, 6) is 0.253. The third kappa shape index (κ3) is 4.02. The zero-order valence-corrected chi connectivity index (χ0v) is 16.4. The molecule has 2 aromatic carbocycles. The number of nitrogens with zero attached hydrogens (tertiary/aromatic N) is 1. The lowest BCUT2D eigenvalue weighted by Crippen LogP contribution is -2.31. The number of methoxy groups -OCH3 is 1. The molecule has 1 aromatic heterocycles. The summed E-state index contributed by atoms with van der Waals surface area (Å²) < 4.78 is 19.1. The molecule has 2 heterocycles. The van der Waals surface area contributed by atoms with E-state index in [0.717, 1.165) is 5.56 Å². The van der Waals surface area contributed by atoms with Crippen LogP contribution < -0.4 is 15.6 Å². The number of hydrogen-bond acceptors (Lipinski definition) is 5. The molecule has 1 aliphatic rings. The van der Waals surface area contributed by atoms with Gasteiger partial charge in [0.05, 0.1) is 12.7 Å². The number of amides is 1. The molecule has 1 atom stereocenters. The average Bonchev–Trinajstić information content (AvgIpc) is 2.72. The normalized spacial score (nSPS) is 15.5. The Kier molecular flexibility index (Phi) is 5.35. The van der Waals surface area contributed by atoms with Crippen LogP contribution in [0.3, 0.4) is 0 Å². The van der Waals surface area contributed by atoms with Crippen LogP contribution in [0.15, 0.2) is 58.5 Å². The van der Waals surface area contributed by atoms with Crippen molar-refractivity contribution in [3.05, 3.63) is 81.4 Å². The van der Waals surface area contributed by atoms with E-state index in [9.17, 15) is 14.0 Å². The Balaban J connectivity index is 1.67. The SMILES string of the molecule is COc1cccc(C2CC(=O)Nc3nc(SCc4ccccc4F)[nH]c(=O)c32)c1. The fraction of sp³-hybridized carbons (Fsp3) is 0.190. The summed E-state index contributed by atoms with van der Waals surface area (Å²) in [6.07, 6.45) is 0.145. The van der Waals surface area contributed by atoms with Gasteiger partial charge in [-0.2, -0.15) is 0 Å². The molecule has 8 heteroatoms. The molecule has 0 spiro atoms. The largest absolute Gasteiger partial charge is 0.497 e. The van der Waals surface area contributed by atoms with Crippen LogP contribution in [0.2, 0.25) is 0 Å². The Bertz CT molecular complexity index is 1130. The van der Waals surface area contributed by atoms with Crippen molar-refractivity contribution in [2.75, 3.05) is 12.4 Å². The van der Waals surface area contributed by atoms with E-state index in [0.29, 0.717) is 27.8 Å². The molecule has 1 aliphatic heterocycles. The minimum Gasteiger partial charge on any atom is -0.497 e. The van der Waals surface area contributed by atoms with Gasteiger partial charge in [0.2, 0.25) is 5.91 Å². The molecule has 0 aliphatic carbocycles. The van der Waals surface area contributed by atoms with E-state index in [2.05, 4.69) is 15.3 Å². The number of benzene rings is 2. The summed E-state index contributed by atoms with van der Waals surface area (Å²) in [6.45, 7) is 0. The maximum Gasteiger partial charge on any atom is 0.257 e. The van der Waals surface area contributed by atoms with E-state index in [4.69, 9.17) is 4.74 Å². The lowest BCUT2D eigenvalue weighted by Gasteiger charge is -2.24. The molecular formula is C21H18FN3O3S. The van der Waals surface area contributed by atoms with Crippen molar-refractivity contribution in [2.24, 2.45) is 0 Å². The van der Waals surface area contributed by atoms with Gasteiger partial charge in [-0.05, 0) is 29.3 Å². The van der Waals surface area contributed by atoms with Crippen LogP contribution >= 0.6 is 11.8 Å². The number of thioether (sulfide) groups is 1. The zero-order chi connectivity index (χ0) is 20.4. The summed E-state index contributed by atoms with van der Waals surface area (Å²) in [4.78, 5) is 32.3. The highest BCUT2D eigenvalue weighted by Gasteiger charge is 2.31. The van der Waals surface area contributed by atoms with E-state index in [1.165, 1.54) is 17.8 Å². The van der Waals surface area contributed by atoms with Gasteiger partial charge in [0.1, 0.15) is 17.4 Å². The zero-order valence-electron chi connectivity index (χ0n) is 15.6. The third-order valence-corrected chi connectivity index (χ3v) is 5.67. The third-order valence-electron chi connectivity index (χ3n) is 4.75. The predicted octanol–water partition coefficient (Wildman–Crippen LogP) is 3.68. The fourth-order valence-electron chi connectivity index (χ4n) is 3.32. The number of anilines is 1. The second-order valence-electron chi connectivity index (χ2n) is 6.59. The lowest BCUT2D eigenvalue weighted by molar-refractivity contribution is -0.116. The van der Waals surface area contributed by atoms with Crippen molar-refractivity contribution < 1.29 is 13.9 Å². The number of H-pyrrole nitrogens is 1. The lowest BCUT2D eigenvalue weighted by atomic mass is 9.87. The van der Waals surface area contributed by atoms with Crippen molar-refractivity contribution >= 4 is 23.5 Å². The van der Waals surface area contributed by atoms with Crippen molar-refractivity contribution in [1.29, 1.82) is 0 Å². The minimum atomic E-state index is -0.421. The summed E-state index contributed by atoms with van der Waals surface area (Å²) in [7, 11) is 1.56. The van der Waals surface area contributed by atoms with Crippen molar-refractivity contribution in [2.45, 2.75) is 23.2 Å². The van der Waals surface area contributed by atoms with E-state index in [1.54, 1.807) is 31.4 Å². The number of rotatable bonds is 5. The summed E-state index contributed by atoms with van der Waals surface area (Å²) >= 11 is 1.20. The van der Waals surface area contributed by atoms with Crippen LogP contribution in [0.1, 0.15) is 29.0 Å². The molecule has 0 radical (unpaired) electrons. The number of hydrogen-bond donors (Lipinski definition) is 2. The van der Waals surface area contributed by atoms with Gasteiger partial charge in [0.25, 0.3) is 5.56 Å². The average molecular weight is 411 g/mol. The summed E-state index contributed by atoms with van der Waals surface area (Å²) in [5.41, 5.74) is 1.41. The van der Waals surface area contributed by atoms with Gasteiger partial charge >= 0.3 is 0 Å². The molecule has 148 valence electrons. The van der Waals surface area contributed by atoms with E-state index in [-0.39, 0.29) is 29.5 Å². The molecule has 1 unspecified atom stereocenters. The Labute approximate surface area is 170 Å². The summed E-state index contributed by atoms with van der Waals surface area (Å²) in [5, 5.41) is 3.01. The van der Waals surface area contributed by atoms with Gasteiger partial charge in [-0.3, -0.25) is 9.59 Å². The Hall–Kier alpha value is -3.13. The number of aromatic nitrogens is 2. The maximum absolute atomic E-state index is 13.8. The second-order valence-corrected chi connectivity index (χ2v) is 7.56. The van der Waals surface area contributed by atoms with Crippen molar-refractivity contribution in [3.8, 4) is 5.75 Å². The highest BCUT2D eigenvalue weighted by Crippen LogP contribution is 2.35. The standard InChI is InChI=1S/C21H18FN3O3S/c1-28-14-7-4-6-12(9-14)15-10-17(26)23-19-18(15)20(27)25-21(24-19)29-11-13-5-2-3-8-16(13)22/h2-9,15H,10-11H2,1H3,(H2,23,24,25,26,27). The van der Waals surface area contributed by atoms with Crippen LogP contribution in [0.25, 0.3) is 0 Å². The van der Waals surface area contributed by atoms with Gasteiger partial charge in [0.15, 0.2) is 5.16 Å². The number of halogens is 1. The Morgan fingerprint density at radius 1 is 1.21 bits per heavy atom. The maximum atomic E-state index is 13.8. The van der Waals surface area contributed by atoms with Crippen molar-refractivity contribution in [3.63, 3.8) is 0 Å². The topological polar surface area (TPSA) is 84.1 Å². The summed E-state index contributed by atoms with van der Waals surface area (Å²) in [6, 6.07) is 13.7. The van der Waals surface area contributed by atoms with Gasteiger partial charge in [-0.25, -0.2) is 9.37 Å². The predicted molar refractivity (Wildman–Crippen MR) is 109 cm³/mol. The van der Waals surface area contributed by atoms with E-state index < -0.39 is 5.92 Å². The van der Waals surface area contributed by atoms with Crippen LogP contribution in [0.4, 0.5) is 10.2 Å². The van der Waals surface area contributed by atoms with Gasteiger partial charge < -0.3 is 15.0 Å². The molecule has 2 N–H and O–H groups in total. The number of nitrogens with one attached hydrogen (secondary N) is 2. The smallest absolute Gasteiger partial charge is 0.257 e. The highest BCUT2D eigenvalue weighted by molar-refractivity contribution is 7.98. The van der Waals surface area contributed by atoms with Gasteiger partial charge in [0, 0.05) is 18.1 Å². The van der Waals surface area contributed by atoms with Gasteiger partial charge in [-0.15, -0.1) is 0 Å². The number of carbonyl (C=O) groups is 1. The molecule has 0 saturated carbocycles. The molecule has 6 nitrogen and oxygen atoms in total. The first-order valence-electron chi connectivity index (χ1n) is 8.99. The first-order chi connectivity index (χ1) is 14.0. The van der Waals surface area contributed by atoms with Crippen molar-refractivity contribution in [1.82, 2.24) is 9.97 Å². The Morgan fingerprint density at radius 2 is 2.03 bits per heavy atom. The quantitative estimate of drug-likeness (QED) is 0.494. The van der Waals surface area contributed by atoms with Crippen LogP contribution in [-0.4, -0.2) is 23.0 Å². The van der Waals surface area contributed by atoms with Crippen LogP contribution in [0, 0.1) is 5.82 Å². The second kappa shape index (κ2) is 8.08. The molecule has 0 fully saturated rings. The molecule has 0 saturated heterocycles. The highest BCUT2D eigenvalue weighted by atomic mass is 32.2. The van der Waals surface area contributed by atoms with Crippen LogP contribution in [-0.2, 0) is 10.5 Å². The fourth-order valence-corrected chi connectivity index (χ4v) is 4.17. The Morgan fingerprint density at radius 3 is 2.83 bits per heavy atom. The van der Waals surface area contributed by atoms with E-state index in [1.807, 2.05) is 18.2 Å². The number of carbonyl (C=O) groups excluding carboxylic acids is 1. The molecule has 3 aromatic rings. The first-order valence-corrected chi connectivity index (χ1v) is 9.98. The van der Waals surface area contributed by atoms with E-state index >= 15 is 0 Å². The number of aromatic amines is 1. The van der Waals surface area contributed by atoms with Gasteiger partial charge in [-0.1, -0.05) is 42.1 Å². The molecule has 4 rings (SSSR count). The molecule has 0 bridgehead atoms.